The first-order valence-electron chi connectivity index (χ1n) is 9.67. The molecule has 2 aliphatic heterocycles. The molecule has 1 spiro atoms. The fraction of sp³-hybridized carbons (Fsp3) is 0.650. The van der Waals surface area contributed by atoms with Crippen LogP contribution in [0.5, 0.6) is 0 Å². The van der Waals surface area contributed by atoms with Gasteiger partial charge in [0.15, 0.2) is 0 Å². The van der Waals surface area contributed by atoms with Gasteiger partial charge in [-0.25, -0.2) is 0 Å². The second-order valence-electron chi connectivity index (χ2n) is 8.30. The lowest BCUT2D eigenvalue weighted by atomic mass is 9.73. The number of hydrogen-bond acceptors (Lipinski definition) is 4. The Hall–Kier alpha value is -2.11. The monoisotopic (exact) mass is 358 g/mol. The van der Waals surface area contributed by atoms with E-state index >= 15 is 0 Å². The van der Waals surface area contributed by atoms with Crippen LogP contribution in [-0.4, -0.2) is 52.8 Å². The lowest BCUT2D eigenvalue weighted by Crippen LogP contribution is -2.55. The highest BCUT2D eigenvalue weighted by Crippen LogP contribution is 2.39. The third-order valence-corrected chi connectivity index (χ3v) is 5.68. The van der Waals surface area contributed by atoms with E-state index in [2.05, 4.69) is 18.8 Å². The number of anilines is 1. The van der Waals surface area contributed by atoms with E-state index in [0.29, 0.717) is 30.3 Å². The predicted octanol–water partition coefficient (Wildman–Crippen LogP) is 2.55. The maximum atomic E-state index is 12.9. The van der Waals surface area contributed by atoms with Gasteiger partial charge in [0, 0.05) is 49.9 Å². The number of nitrogen functional groups attached to an aromatic ring is 1. The van der Waals surface area contributed by atoms with Crippen molar-refractivity contribution in [1.29, 1.82) is 0 Å². The number of likely N-dealkylation sites (tertiary alicyclic amines) is 2. The molecule has 0 saturated carbocycles. The van der Waals surface area contributed by atoms with Crippen LogP contribution in [0.3, 0.4) is 0 Å². The molecule has 0 radical (unpaired) electrons. The summed E-state index contributed by atoms with van der Waals surface area (Å²) in [5.74, 6) is 0.791. The molecule has 2 fully saturated rings. The molecule has 1 aromatic heterocycles. The van der Waals surface area contributed by atoms with E-state index in [4.69, 9.17) is 5.73 Å². The van der Waals surface area contributed by atoms with Gasteiger partial charge in [0.2, 0.25) is 5.91 Å². The van der Waals surface area contributed by atoms with Crippen LogP contribution in [0.2, 0.25) is 0 Å². The van der Waals surface area contributed by atoms with Crippen molar-refractivity contribution < 1.29 is 9.59 Å². The van der Waals surface area contributed by atoms with E-state index in [1.165, 1.54) is 0 Å². The average Bonchev–Trinajstić information content (AvgIpc) is 2.62. The van der Waals surface area contributed by atoms with E-state index in [1.807, 2.05) is 9.80 Å². The molecule has 26 heavy (non-hydrogen) atoms. The van der Waals surface area contributed by atoms with Crippen LogP contribution in [0.25, 0.3) is 0 Å². The van der Waals surface area contributed by atoms with Crippen molar-refractivity contribution in [2.75, 3.05) is 31.9 Å². The largest absolute Gasteiger partial charge is 0.399 e. The Balaban J connectivity index is 1.70. The highest BCUT2D eigenvalue weighted by molar-refractivity contribution is 5.93. The molecule has 2 saturated heterocycles. The topological polar surface area (TPSA) is 79.5 Å². The molecule has 6 nitrogen and oxygen atoms in total. The zero-order chi connectivity index (χ0) is 18.7. The standard InChI is InChI=1S/C20H30N4O2/c1-15(2)6-11-23-13-20(8-4-18(23)25)7-3-10-24(14-20)19(26)17-12-16(21)5-9-22-17/h5,9,12,15H,3-4,6-8,10-11,13-14H2,1-2H3,(H2,21,22). The van der Waals surface area contributed by atoms with Gasteiger partial charge in [0.05, 0.1) is 0 Å². The summed E-state index contributed by atoms with van der Waals surface area (Å²) in [5, 5.41) is 0. The molecule has 2 aliphatic rings. The smallest absolute Gasteiger partial charge is 0.272 e. The average molecular weight is 358 g/mol. The number of hydrogen-bond donors (Lipinski definition) is 1. The first kappa shape index (κ1) is 18.7. The number of pyridine rings is 1. The minimum atomic E-state index is -0.0537. The van der Waals surface area contributed by atoms with Gasteiger partial charge in [0.25, 0.3) is 5.91 Å². The van der Waals surface area contributed by atoms with E-state index in [9.17, 15) is 9.59 Å². The zero-order valence-electron chi connectivity index (χ0n) is 15.9. The summed E-state index contributed by atoms with van der Waals surface area (Å²) in [7, 11) is 0. The third-order valence-electron chi connectivity index (χ3n) is 5.68. The fourth-order valence-corrected chi connectivity index (χ4v) is 4.16. The van der Waals surface area contributed by atoms with Gasteiger partial charge in [-0.05, 0) is 43.7 Å². The number of carbonyl (C=O) groups is 2. The first-order valence-corrected chi connectivity index (χ1v) is 9.67. The summed E-state index contributed by atoms with van der Waals surface area (Å²) in [6.45, 7) is 7.41. The molecule has 0 bridgehead atoms. The second kappa shape index (κ2) is 7.64. The van der Waals surface area contributed by atoms with Gasteiger partial charge >= 0.3 is 0 Å². The summed E-state index contributed by atoms with van der Waals surface area (Å²) in [4.78, 5) is 33.3. The highest BCUT2D eigenvalue weighted by atomic mass is 16.2. The Kier molecular flexibility index (Phi) is 5.49. The Bertz CT molecular complexity index is 676. The van der Waals surface area contributed by atoms with E-state index < -0.39 is 0 Å². The van der Waals surface area contributed by atoms with Gasteiger partial charge in [0.1, 0.15) is 5.69 Å². The Morgan fingerprint density at radius 3 is 2.88 bits per heavy atom. The molecule has 2 N–H and O–H groups in total. The lowest BCUT2D eigenvalue weighted by molar-refractivity contribution is -0.139. The van der Waals surface area contributed by atoms with Crippen molar-refractivity contribution in [2.24, 2.45) is 11.3 Å². The van der Waals surface area contributed by atoms with Crippen LogP contribution in [0.15, 0.2) is 18.3 Å². The lowest BCUT2D eigenvalue weighted by Gasteiger charge is -2.48. The number of carbonyl (C=O) groups excluding carboxylic acids is 2. The van der Waals surface area contributed by atoms with Crippen LogP contribution in [0.4, 0.5) is 5.69 Å². The Labute approximate surface area is 155 Å². The fourth-order valence-electron chi connectivity index (χ4n) is 4.16. The van der Waals surface area contributed by atoms with E-state index in [1.54, 1.807) is 18.3 Å². The maximum absolute atomic E-state index is 12.9. The molecule has 0 aromatic carbocycles. The van der Waals surface area contributed by atoms with Crippen molar-refractivity contribution in [3.8, 4) is 0 Å². The number of aromatic nitrogens is 1. The molecule has 1 atom stereocenters. The third kappa shape index (κ3) is 4.17. The zero-order valence-corrected chi connectivity index (χ0v) is 15.9. The first-order chi connectivity index (χ1) is 12.4. The number of nitrogens with zero attached hydrogens (tertiary/aromatic N) is 3. The molecule has 3 heterocycles. The molecule has 1 unspecified atom stereocenters. The van der Waals surface area contributed by atoms with E-state index in [0.717, 1.165) is 45.3 Å². The number of rotatable bonds is 4. The van der Waals surface area contributed by atoms with Gasteiger partial charge in [-0.2, -0.15) is 0 Å². The minimum Gasteiger partial charge on any atom is -0.399 e. The second-order valence-corrected chi connectivity index (χ2v) is 8.30. The predicted molar refractivity (Wildman–Crippen MR) is 101 cm³/mol. The van der Waals surface area contributed by atoms with Crippen molar-refractivity contribution in [3.05, 3.63) is 24.0 Å². The molecular formula is C20H30N4O2. The molecule has 142 valence electrons. The Morgan fingerprint density at radius 2 is 2.15 bits per heavy atom. The van der Waals surface area contributed by atoms with Crippen LogP contribution in [0.1, 0.15) is 56.4 Å². The molecule has 6 heteroatoms. The highest BCUT2D eigenvalue weighted by Gasteiger charge is 2.42. The maximum Gasteiger partial charge on any atom is 0.272 e. The molecule has 1 aromatic rings. The Morgan fingerprint density at radius 1 is 1.35 bits per heavy atom. The summed E-state index contributed by atoms with van der Waals surface area (Å²) in [5.41, 5.74) is 6.79. The number of piperidine rings is 2. The molecule has 0 aliphatic carbocycles. The summed E-state index contributed by atoms with van der Waals surface area (Å²) in [6, 6.07) is 3.33. The number of amides is 2. The number of nitrogens with two attached hydrogens (primary N) is 1. The normalized spacial score (nSPS) is 23.7. The van der Waals surface area contributed by atoms with Crippen LogP contribution >= 0.6 is 0 Å². The summed E-state index contributed by atoms with van der Waals surface area (Å²) in [6.07, 6.45) is 6.12. The quantitative estimate of drug-likeness (QED) is 0.897. The summed E-state index contributed by atoms with van der Waals surface area (Å²) < 4.78 is 0. The van der Waals surface area contributed by atoms with Crippen LogP contribution in [-0.2, 0) is 4.79 Å². The SMILES string of the molecule is CC(C)CCN1CC2(CCCN(C(=O)c3cc(N)ccn3)C2)CCC1=O. The molecule has 2 amide bonds. The van der Waals surface area contributed by atoms with Crippen LogP contribution in [0, 0.1) is 11.3 Å². The van der Waals surface area contributed by atoms with Gasteiger partial charge in [-0.3, -0.25) is 14.6 Å². The van der Waals surface area contributed by atoms with Crippen molar-refractivity contribution in [2.45, 2.75) is 46.0 Å². The van der Waals surface area contributed by atoms with Crippen molar-refractivity contribution in [1.82, 2.24) is 14.8 Å². The van der Waals surface area contributed by atoms with Crippen molar-refractivity contribution in [3.63, 3.8) is 0 Å². The van der Waals surface area contributed by atoms with Gasteiger partial charge in [-0.1, -0.05) is 13.8 Å². The van der Waals surface area contributed by atoms with Gasteiger partial charge in [-0.15, -0.1) is 0 Å². The van der Waals surface area contributed by atoms with Gasteiger partial charge < -0.3 is 15.5 Å². The van der Waals surface area contributed by atoms with Crippen LogP contribution < -0.4 is 5.73 Å². The molecule has 3 rings (SSSR count). The minimum absolute atomic E-state index is 0.0269. The molecular weight excluding hydrogens is 328 g/mol. The van der Waals surface area contributed by atoms with Crippen molar-refractivity contribution >= 4 is 17.5 Å². The van der Waals surface area contributed by atoms with E-state index in [-0.39, 0.29) is 17.2 Å². The summed E-state index contributed by atoms with van der Waals surface area (Å²) >= 11 is 0.